The molecule has 9 aromatic carbocycles. The van der Waals surface area contributed by atoms with Crippen molar-refractivity contribution in [1.29, 1.82) is 0 Å². The highest BCUT2D eigenvalue weighted by molar-refractivity contribution is 6.09. The van der Waals surface area contributed by atoms with Crippen LogP contribution in [0.3, 0.4) is 0 Å². The zero-order valence-electron chi connectivity index (χ0n) is 30.7. The van der Waals surface area contributed by atoms with Crippen molar-refractivity contribution in [3.63, 3.8) is 0 Å². The predicted octanol–water partition coefficient (Wildman–Crippen LogP) is 15.4. The van der Waals surface area contributed by atoms with E-state index in [0.717, 1.165) is 55.7 Å². The quantitative estimate of drug-likeness (QED) is 0.156. The van der Waals surface area contributed by atoms with E-state index in [0.29, 0.717) is 0 Å². The average molecular weight is 716 g/mol. The van der Waals surface area contributed by atoms with Gasteiger partial charge < -0.3 is 9.32 Å². The van der Waals surface area contributed by atoms with E-state index in [1.807, 2.05) is 12.1 Å². The molecule has 0 bridgehead atoms. The van der Waals surface area contributed by atoms with Crippen molar-refractivity contribution in [1.82, 2.24) is 0 Å². The van der Waals surface area contributed by atoms with Gasteiger partial charge in [-0.2, -0.15) is 0 Å². The molecule has 1 heterocycles. The molecule has 0 saturated carbocycles. The third kappa shape index (κ3) is 5.95. The molecule has 0 radical (unpaired) electrons. The molecule has 0 amide bonds. The van der Waals surface area contributed by atoms with Crippen molar-refractivity contribution in [2.24, 2.45) is 0 Å². The van der Waals surface area contributed by atoms with Crippen LogP contribution in [0, 0.1) is 0 Å². The van der Waals surface area contributed by atoms with E-state index in [9.17, 15) is 0 Å². The fraction of sp³-hybridized carbons (Fsp3) is 0. The zero-order valence-corrected chi connectivity index (χ0v) is 30.7. The molecule has 2 nitrogen and oxygen atoms in total. The first-order valence-corrected chi connectivity index (χ1v) is 19.1. The summed E-state index contributed by atoms with van der Waals surface area (Å²) in [4.78, 5) is 2.38. The number of benzene rings is 9. The van der Waals surface area contributed by atoms with Crippen LogP contribution in [0.2, 0.25) is 0 Å². The van der Waals surface area contributed by atoms with Gasteiger partial charge in [-0.05, 0) is 80.9 Å². The number of nitrogens with zero attached hydrogens (tertiary/aromatic N) is 1. The largest absolute Gasteiger partial charge is 0.455 e. The Labute approximate surface area is 327 Å². The molecule has 2 heteroatoms. The van der Waals surface area contributed by atoms with Gasteiger partial charge in [0.15, 0.2) is 0 Å². The topological polar surface area (TPSA) is 16.4 Å². The lowest BCUT2D eigenvalue weighted by molar-refractivity contribution is 0.670. The van der Waals surface area contributed by atoms with Crippen molar-refractivity contribution in [3.8, 4) is 55.6 Å². The first-order chi connectivity index (χ1) is 27.8. The van der Waals surface area contributed by atoms with Gasteiger partial charge in [-0.25, -0.2) is 0 Å². The molecule has 0 aliphatic heterocycles. The van der Waals surface area contributed by atoms with Gasteiger partial charge in [0.2, 0.25) is 0 Å². The molecule has 0 spiro atoms. The minimum atomic E-state index is 0.903. The van der Waals surface area contributed by atoms with Gasteiger partial charge in [0.05, 0.1) is 5.69 Å². The molecule has 0 saturated heterocycles. The summed E-state index contributed by atoms with van der Waals surface area (Å²) >= 11 is 0. The number of para-hydroxylation sites is 4. The molecule has 10 rings (SSSR count). The van der Waals surface area contributed by atoms with Crippen LogP contribution in [-0.2, 0) is 0 Å². The summed E-state index contributed by atoms with van der Waals surface area (Å²) in [7, 11) is 0. The normalized spacial score (nSPS) is 11.2. The van der Waals surface area contributed by atoms with E-state index >= 15 is 0 Å². The number of hydrogen-bond acceptors (Lipinski definition) is 2. The zero-order chi connectivity index (χ0) is 37.3. The summed E-state index contributed by atoms with van der Waals surface area (Å²) in [5.41, 5.74) is 16.7. The Kier molecular flexibility index (Phi) is 8.55. The molecule has 1 aromatic heterocycles. The molecular weight excluding hydrogens is 679 g/mol. The lowest BCUT2D eigenvalue weighted by Gasteiger charge is -2.29. The SMILES string of the molecule is c1ccc(-c2ccccc2-c2c(-c3ccccc3)cccc2-c2ccccc2N(c2ccccc2)c2ccc(-c3cccc4c3oc3ccccc34)cc2)cc1. The van der Waals surface area contributed by atoms with Crippen molar-refractivity contribution in [3.05, 3.63) is 224 Å². The summed E-state index contributed by atoms with van der Waals surface area (Å²) in [6.07, 6.45) is 0. The lowest BCUT2D eigenvalue weighted by Crippen LogP contribution is -2.11. The van der Waals surface area contributed by atoms with Crippen molar-refractivity contribution in [2.45, 2.75) is 0 Å². The number of hydrogen-bond donors (Lipinski definition) is 0. The van der Waals surface area contributed by atoms with Crippen LogP contribution >= 0.6 is 0 Å². The predicted molar refractivity (Wildman–Crippen MR) is 236 cm³/mol. The third-order valence-electron chi connectivity index (χ3n) is 10.7. The Bertz CT molecular complexity index is 2950. The van der Waals surface area contributed by atoms with Gasteiger partial charge in [-0.1, -0.05) is 188 Å². The standard InChI is InChI=1S/C54H37NO/c1-4-18-38(19-5-1)43-24-10-11-27-48(43)53-44(39-20-6-2-7-21-39)28-16-30-49(53)46-25-12-14-32-51(46)55(41-22-8-3-9-23-41)42-36-34-40(35-37-42)45-29-17-31-50-47-26-13-15-33-52(47)56-54(45)50/h1-37H. The summed E-state index contributed by atoms with van der Waals surface area (Å²) < 4.78 is 6.43. The average Bonchev–Trinajstić information content (AvgIpc) is 3.67. The van der Waals surface area contributed by atoms with Gasteiger partial charge in [0.25, 0.3) is 0 Å². The molecular formula is C54H37NO. The fourth-order valence-corrected chi connectivity index (χ4v) is 8.16. The summed E-state index contributed by atoms with van der Waals surface area (Å²) in [5.74, 6) is 0. The number of anilines is 3. The highest BCUT2D eigenvalue weighted by Gasteiger charge is 2.23. The first-order valence-electron chi connectivity index (χ1n) is 19.1. The van der Waals surface area contributed by atoms with E-state index < -0.39 is 0 Å². The maximum absolute atomic E-state index is 6.43. The molecule has 0 unspecified atom stereocenters. The molecule has 0 N–H and O–H groups in total. The Balaban J connectivity index is 1.16. The highest BCUT2D eigenvalue weighted by atomic mass is 16.3. The van der Waals surface area contributed by atoms with Gasteiger partial charge >= 0.3 is 0 Å². The van der Waals surface area contributed by atoms with Crippen LogP contribution in [-0.4, -0.2) is 0 Å². The van der Waals surface area contributed by atoms with Crippen molar-refractivity contribution in [2.75, 3.05) is 4.90 Å². The molecule has 0 aliphatic rings. The van der Waals surface area contributed by atoms with E-state index in [1.54, 1.807) is 0 Å². The van der Waals surface area contributed by atoms with Gasteiger partial charge in [0, 0.05) is 33.3 Å². The highest BCUT2D eigenvalue weighted by Crippen LogP contribution is 2.48. The minimum absolute atomic E-state index is 0.903. The van der Waals surface area contributed by atoms with Crippen molar-refractivity contribution < 1.29 is 4.42 Å². The van der Waals surface area contributed by atoms with Gasteiger partial charge in [0.1, 0.15) is 11.2 Å². The summed E-state index contributed by atoms with van der Waals surface area (Å²) in [6.45, 7) is 0. The van der Waals surface area contributed by atoms with E-state index in [4.69, 9.17) is 4.42 Å². The minimum Gasteiger partial charge on any atom is -0.455 e. The number of fused-ring (bicyclic) bond motifs is 3. The molecule has 10 aromatic rings. The second kappa shape index (κ2) is 14.4. The van der Waals surface area contributed by atoms with Crippen LogP contribution in [0.15, 0.2) is 229 Å². The molecule has 0 atom stereocenters. The van der Waals surface area contributed by atoms with Crippen LogP contribution in [0.25, 0.3) is 77.6 Å². The summed E-state index contributed by atoms with van der Waals surface area (Å²) in [5, 5.41) is 2.26. The van der Waals surface area contributed by atoms with Crippen LogP contribution in [0.1, 0.15) is 0 Å². The van der Waals surface area contributed by atoms with E-state index in [-0.39, 0.29) is 0 Å². The lowest BCUT2D eigenvalue weighted by atomic mass is 9.84. The molecule has 0 aliphatic carbocycles. The van der Waals surface area contributed by atoms with Gasteiger partial charge in [-0.3, -0.25) is 0 Å². The second-order valence-corrected chi connectivity index (χ2v) is 14.0. The van der Waals surface area contributed by atoms with Crippen LogP contribution < -0.4 is 4.90 Å². The fourth-order valence-electron chi connectivity index (χ4n) is 8.16. The molecule has 56 heavy (non-hydrogen) atoms. The maximum atomic E-state index is 6.43. The first kappa shape index (κ1) is 33.2. The smallest absolute Gasteiger partial charge is 0.143 e. The summed E-state index contributed by atoms with van der Waals surface area (Å²) in [6, 6.07) is 80.1. The Morgan fingerprint density at radius 2 is 0.768 bits per heavy atom. The number of rotatable bonds is 8. The maximum Gasteiger partial charge on any atom is 0.143 e. The van der Waals surface area contributed by atoms with E-state index in [1.165, 1.54) is 38.9 Å². The molecule has 264 valence electrons. The monoisotopic (exact) mass is 715 g/mol. The second-order valence-electron chi connectivity index (χ2n) is 14.0. The third-order valence-corrected chi connectivity index (χ3v) is 10.7. The van der Waals surface area contributed by atoms with E-state index in [2.05, 4.69) is 217 Å². The van der Waals surface area contributed by atoms with Gasteiger partial charge in [-0.15, -0.1) is 0 Å². The van der Waals surface area contributed by atoms with Crippen molar-refractivity contribution >= 4 is 39.0 Å². The Morgan fingerprint density at radius 3 is 1.52 bits per heavy atom. The Hall–Kier alpha value is -7.42. The van der Waals surface area contributed by atoms with Crippen LogP contribution in [0.4, 0.5) is 17.1 Å². The molecule has 0 fully saturated rings. The van der Waals surface area contributed by atoms with Crippen LogP contribution in [0.5, 0.6) is 0 Å². The Morgan fingerprint density at radius 1 is 0.286 bits per heavy atom. The number of furan rings is 1.